The van der Waals surface area contributed by atoms with Gasteiger partial charge >= 0.3 is 0 Å². The average Bonchev–Trinajstić information content (AvgIpc) is 2.73. The minimum absolute atomic E-state index is 0.189. The highest BCUT2D eigenvalue weighted by atomic mass is 35.5. The Morgan fingerprint density at radius 1 is 1.47 bits per heavy atom. The van der Waals surface area contributed by atoms with Gasteiger partial charge in [-0.25, -0.2) is 4.98 Å². The summed E-state index contributed by atoms with van der Waals surface area (Å²) in [6, 6.07) is 5.96. The lowest BCUT2D eigenvalue weighted by molar-refractivity contribution is 0.339. The summed E-state index contributed by atoms with van der Waals surface area (Å²) in [4.78, 5) is 4.76. The number of hydrogen-bond donors (Lipinski definition) is 1. The summed E-state index contributed by atoms with van der Waals surface area (Å²) >= 11 is 7.80. The Labute approximate surface area is 110 Å². The summed E-state index contributed by atoms with van der Waals surface area (Å²) in [5, 5.41) is 5.47. The Kier molecular flexibility index (Phi) is 2.85. The molecule has 1 aromatic heterocycles. The number of piperidine rings is 1. The maximum Gasteiger partial charge on any atom is 0.101 e. The van der Waals surface area contributed by atoms with Crippen molar-refractivity contribution in [3.8, 4) is 0 Å². The highest BCUT2D eigenvalue weighted by Crippen LogP contribution is 2.36. The quantitative estimate of drug-likeness (QED) is 0.853. The molecule has 1 aliphatic heterocycles. The van der Waals surface area contributed by atoms with Gasteiger partial charge in [-0.15, -0.1) is 11.3 Å². The number of nitrogens with zero attached hydrogens (tertiary/aromatic N) is 1. The molecule has 0 aliphatic carbocycles. The second-order valence-corrected chi connectivity index (χ2v) is 6.44. The normalized spacial score (nSPS) is 25.3. The fourth-order valence-electron chi connectivity index (χ4n) is 2.40. The Balaban J connectivity index is 2.05. The first-order chi connectivity index (χ1) is 8.17. The van der Waals surface area contributed by atoms with Gasteiger partial charge in [-0.05, 0) is 37.6 Å². The number of benzene rings is 1. The molecule has 0 bridgehead atoms. The molecule has 2 heterocycles. The average molecular weight is 267 g/mol. The van der Waals surface area contributed by atoms with E-state index in [1.807, 2.05) is 12.1 Å². The molecular weight excluding hydrogens is 252 g/mol. The molecule has 90 valence electrons. The minimum atomic E-state index is 0.189. The third-order valence-electron chi connectivity index (χ3n) is 3.46. The van der Waals surface area contributed by atoms with Crippen molar-refractivity contribution in [3.05, 3.63) is 28.2 Å². The molecule has 4 heteroatoms. The molecule has 1 aromatic carbocycles. The molecule has 3 rings (SSSR count). The number of rotatable bonds is 1. The zero-order valence-electron chi connectivity index (χ0n) is 9.79. The molecule has 17 heavy (non-hydrogen) atoms. The molecule has 1 unspecified atom stereocenters. The van der Waals surface area contributed by atoms with E-state index >= 15 is 0 Å². The lowest BCUT2D eigenvalue weighted by Gasteiger charge is -2.32. The summed E-state index contributed by atoms with van der Waals surface area (Å²) in [5.74, 6) is 0. The van der Waals surface area contributed by atoms with E-state index in [1.54, 1.807) is 11.3 Å². The van der Waals surface area contributed by atoms with Crippen molar-refractivity contribution in [3.63, 3.8) is 0 Å². The Morgan fingerprint density at radius 3 is 3.12 bits per heavy atom. The van der Waals surface area contributed by atoms with Gasteiger partial charge in [-0.1, -0.05) is 18.5 Å². The van der Waals surface area contributed by atoms with E-state index in [2.05, 4.69) is 18.3 Å². The van der Waals surface area contributed by atoms with Crippen LogP contribution in [0.4, 0.5) is 0 Å². The fourth-order valence-corrected chi connectivity index (χ4v) is 3.68. The van der Waals surface area contributed by atoms with Gasteiger partial charge < -0.3 is 5.32 Å². The van der Waals surface area contributed by atoms with Crippen molar-refractivity contribution < 1.29 is 0 Å². The van der Waals surface area contributed by atoms with Crippen molar-refractivity contribution in [1.82, 2.24) is 10.3 Å². The lowest BCUT2D eigenvalue weighted by Crippen LogP contribution is -2.40. The molecule has 1 aliphatic rings. The smallest absolute Gasteiger partial charge is 0.101 e. The van der Waals surface area contributed by atoms with Crippen molar-refractivity contribution in [2.24, 2.45) is 0 Å². The Morgan fingerprint density at radius 2 is 2.35 bits per heavy atom. The van der Waals surface area contributed by atoms with Crippen molar-refractivity contribution in [2.45, 2.75) is 25.2 Å². The van der Waals surface area contributed by atoms with Crippen LogP contribution in [-0.2, 0) is 5.41 Å². The van der Waals surface area contributed by atoms with Crippen LogP contribution in [0.25, 0.3) is 10.2 Å². The minimum Gasteiger partial charge on any atom is -0.316 e. The van der Waals surface area contributed by atoms with Crippen molar-refractivity contribution in [1.29, 1.82) is 0 Å². The van der Waals surface area contributed by atoms with Gasteiger partial charge in [0.25, 0.3) is 0 Å². The van der Waals surface area contributed by atoms with Crippen LogP contribution in [0.3, 0.4) is 0 Å². The van der Waals surface area contributed by atoms with Gasteiger partial charge in [-0.2, -0.15) is 0 Å². The van der Waals surface area contributed by atoms with E-state index in [4.69, 9.17) is 16.6 Å². The van der Waals surface area contributed by atoms with E-state index in [0.717, 1.165) is 23.6 Å². The van der Waals surface area contributed by atoms with Crippen molar-refractivity contribution in [2.75, 3.05) is 13.1 Å². The number of hydrogen-bond acceptors (Lipinski definition) is 3. The van der Waals surface area contributed by atoms with Crippen LogP contribution in [0.1, 0.15) is 24.8 Å². The molecule has 0 spiro atoms. The van der Waals surface area contributed by atoms with Crippen LogP contribution < -0.4 is 5.32 Å². The second-order valence-electron chi connectivity index (χ2n) is 4.97. The zero-order valence-corrected chi connectivity index (χ0v) is 11.4. The second kappa shape index (κ2) is 4.23. The zero-order chi connectivity index (χ0) is 11.9. The third kappa shape index (κ3) is 2.07. The molecule has 2 nitrogen and oxygen atoms in total. The lowest BCUT2D eigenvalue weighted by atomic mass is 9.83. The maximum absolute atomic E-state index is 6.00. The van der Waals surface area contributed by atoms with Crippen LogP contribution in [0.5, 0.6) is 0 Å². The van der Waals surface area contributed by atoms with Crippen LogP contribution in [0.2, 0.25) is 5.02 Å². The number of thiazole rings is 1. The van der Waals surface area contributed by atoms with Crippen LogP contribution in [0.15, 0.2) is 18.2 Å². The number of halogens is 1. The van der Waals surface area contributed by atoms with E-state index in [1.165, 1.54) is 22.5 Å². The topological polar surface area (TPSA) is 24.9 Å². The molecular formula is C13H15ClN2S. The highest BCUT2D eigenvalue weighted by molar-refractivity contribution is 7.18. The fraction of sp³-hybridized carbons (Fsp3) is 0.462. The van der Waals surface area contributed by atoms with E-state index in [0.29, 0.717) is 0 Å². The molecule has 1 N–H and O–H groups in total. The van der Waals surface area contributed by atoms with Gasteiger partial charge in [-0.3, -0.25) is 0 Å². The largest absolute Gasteiger partial charge is 0.316 e. The third-order valence-corrected chi connectivity index (χ3v) is 5.04. The first-order valence-corrected chi connectivity index (χ1v) is 7.14. The van der Waals surface area contributed by atoms with Gasteiger partial charge in [0.15, 0.2) is 0 Å². The van der Waals surface area contributed by atoms with Crippen LogP contribution in [-0.4, -0.2) is 18.1 Å². The van der Waals surface area contributed by atoms with Crippen molar-refractivity contribution >= 4 is 33.2 Å². The number of nitrogens with one attached hydrogen (secondary N) is 1. The standard InChI is InChI=1S/C13H15ClN2S/c1-13(5-2-6-15-8-13)12-16-10-7-9(14)3-4-11(10)17-12/h3-4,7,15H,2,5-6,8H2,1H3. The summed E-state index contributed by atoms with van der Waals surface area (Å²) in [6.45, 7) is 4.46. The number of fused-ring (bicyclic) bond motifs is 1. The summed E-state index contributed by atoms with van der Waals surface area (Å²) in [7, 11) is 0. The predicted molar refractivity (Wildman–Crippen MR) is 74.1 cm³/mol. The summed E-state index contributed by atoms with van der Waals surface area (Å²) < 4.78 is 1.23. The molecule has 0 radical (unpaired) electrons. The molecule has 1 saturated heterocycles. The van der Waals surface area contributed by atoms with Gasteiger partial charge in [0.1, 0.15) is 5.01 Å². The summed E-state index contributed by atoms with van der Waals surface area (Å²) in [6.07, 6.45) is 2.45. The van der Waals surface area contributed by atoms with Crippen LogP contribution >= 0.6 is 22.9 Å². The highest BCUT2D eigenvalue weighted by Gasteiger charge is 2.31. The Bertz CT molecular complexity index is 543. The number of aromatic nitrogens is 1. The predicted octanol–water partition coefficient (Wildman–Crippen LogP) is 3.59. The van der Waals surface area contributed by atoms with Crippen LogP contribution in [0, 0.1) is 0 Å². The molecule has 1 fully saturated rings. The first-order valence-electron chi connectivity index (χ1n) is 5.95. The van der Waals surface area contributed by atoms with E-state index in [-0.39, 0.29) is 5.41 Å². The molecule has 2 aromatic rings. The van der Waals surface area contributed by atoms with E-state index in [9.17, 15) is 0 Å². The van der Waals surface area contributed by atoms with Gasteiger partial charge in [0, 0.05) is 17.0 Å². The maximum atomic E-state index is 6.00. The van der Waals surface area contributed by atoms with E-state index < -0.39 is 0 Å². The SMILES string of the molecule is CC1(c2nc3cc(Cl)ccc3s2)CCCNC1. The monoisotopic (exact) mass is 266 g/mol. The Hall–Kier alpha value is -0.640. The van der Waals surface area contributed by atoms with Gasteiger partial charge in [0.05, 0.1) is 10.2 Å². The summed E-state index contributed by atoms with van der Waals surface area (Å²) in [5.41, 5.74) is 1.22. The van der Waals surface area contributed by atoms with Gasteiger partial charge in [0.2, 0.25) is 0 Å². The first kappa shape index (κ1) is 11.5. The molecule has 0 amide bonds. The molecule has 0 saturated carbocycles. The molecule has 1 atom stereocenters.